The molecule has 1 N–H and O–H groups in total. The Hall–Kier alpha value is -1.35. The van der Waals surface area contributed by atoms with Crippen LogP contribution in [0.15, 0.2) is 30.3 Å². The van der Waals surface area contributed by atoms with Crippen LogP contribution in [-0.4, -0.2) is 35.6 Å². The van der Waals surface area contributed by atoms with Crippen molar-refractivity contribution in [3.63, 3.8) is 0 Å². The van der Waals surface area contributed by atoms with Crippen LogP contribution < -0.4 is 0 Å². The largest absolute Gasteiger partial charge is 0.395 e. The van der Waals surface area contributed by atoms with Crippen LogP contribution in [0.1, 0.15) is 24.3 Å². The fraction of sp³-hybridized carbons (Fsp3) is 0.462. The zero-order valence-electron chi connectivity index (χ0n) is 9.30. The molecule has 1 fully saturated rings. The number of piperidine rings is 1. The summed E-state index contributed by atoms with van der Waals surface area (Å²) in [5.41, 5.74) is 1.29. The van der Waals surface area contributed by atoms with E-state index >= 15 is 0 Å². The third-order valence-electron chi connectivity index (χ3n) is 3.14. The van der Waals surface area contributed by atoms with Gasteiger partial charge in [0.1, 0.15) is 0 Å². The average Bonchev–Trinajstić information content (AvgIpc) is 2.33. The van der Waals surface area contributed by atoms with E-state index in [1.807, 2.05) is 18.2 Å². The first kappa shape index (κ1) is 11.1. The van der Waals surface area contributed by atoms with E-state index in [9.17, 15) is 4.79 Å². The number of likely N-dealkylation sites (tertiary alicyclic amines) is 1. The lowest BCUT2D eigenvalue weighted by Crippen LogP contribution is -2.40. The SMILES string of the molecule is O=C1CCC(c2ccccc2)CN1CCO. The van der Waals surface area contributed by atoms with Crippen LogP contribution in [-0.2, 0) is 4.79 Å². The van der Waals surface area contributed by atoms with E-state index in [0.717, 1.165) is 13.0 Å². The van der Waals surface area contributed by atoms with E-state index in [0.29, 0.717) is 18.9 Å². The third-order valence-corrected chi connectivity index (χ3v) is 3.14. The molecule has 0 saturated carbocycles. The summed E-state index contributed by atoms with van der Waals surface area (Å²) in [7, 11) is 0. The Balaban J connectivity index is 2.05. The van der Waals surface area contributed by atoms with Crippen molar-refractivity contribution in [2.45, 2.75) is 18.8 Å². The summed E-state index contributed by atoms with van der Waals surface area (Å²) >= 11 is 0. The number of nitrogens with zero attached hydrogens (tertiary/aromatic N) is 1. The van der Waals surface area contributed by atoms with Crippen molar-refractivity contribution in [1.29, 1.82) is 0 Å². The zero-order chi connectivity index (χ0) is 11.4. The number of aliphatic hydroxyl groups excluding tert-OH is 1. The molecule has 1 atom stereocenters. The minimum absolute atomic E-state index is 0.0489. The van der Waals surface area contributed by atoms with Gasteiger partial charge in [-0.25, -0.2) is 0 Å². The molecule has 1 amide bonds. The van der Waals surface area contributed by atoms with Gasteiger partial charge >= 0.3 is 0 Å². The second-order valence-corrected chi connectivity index (χ2v) is 4.21. The summed E-state index contributed by atoms with van der Waals surface area (Å²) in [5, 5.41) is 8.90. The van der Waals surface area contributed by atoms with Crippen molar-refractivity contribution in [3.05, 3.63) is 35.9 Å². The highest BCUT2D eigenvalue weighted by Crippen LogP contribution is 2.26. The van der Waals surface area contributed by atoms with Crippen molar-refractivity contribution in [1.82, 2.24) is 4.90 Å². The van der Waals surface area contributed by atoms with E-state index in [1.165, 1.54) is 5.56 Å². The van der Waals surface area contributed by atoms with Gasteiger partial charge in [-0.1, -0.05) is 30.3 Å². The van der Waals surface area contributed by atoms with Gasteiger partial charge in [0, 0.05) is 25.4 Å². The minimum Gasteiger partial charge on any atom is -0.395 e. The molecule has 0 spiro atoms. The first-order chi connectivity index (χ1) is 7.81. The first-order valence-electron chi connectivity index (χ1n) is 5.75. The maximum atomic E-state index is 11.6. The average molecular weight is 219 g/mol. The summed E-state index contributed by atoms with van der Waals surface area (Å²) in [4.78, 5) is 13.3. The van der Waals surface area contributed by atoms with Gasteiger partial charge in [0.25, 0.3) is 0 Å². The summed E-state index contributed by atoms with van der Waals surface area (Å²) in [6.45, 7) is 1.25. The number of rotatable bonds is 3. The maximum absolute atomic E-state index is 11.6. The van der Waals surface area contributed by atoms with Crippen LogP contribution in [0.25, 0.3) is 0 Å². The molecule has 1 unspecified atom stereocenters. The Kier molecular flexibility index (Phi) is 3.57. The number of aliphatic hydroxyl groups is 1. The van der Waals surface area contributed by atoms with Crippen LogP contribution in [0.2, 0.25) is 0 Å². The standard InChI is InChI=1S/C13H17NO2/c15-9-8-14-10-12(6-7-13(14)16)11-4-2-1-3-5-11/h1-5,12,15H,6-10H2. The fourth-order valence-electron chi connectivity index (χ4n) is 2.25. The predicted molar refractivity (Wildman–Crippen MR) is 62.1 cm³/mol. The number of carbonyl (C=O) groups is 1. The highest BCUT2D eigenvalue weighted by molar-refractivity contribution is 5.77. The van der Waals surface area contributed by atoms with Gasteiger partial charge < -0.3 is 10.0 Å². The molecule has 1 aromatic rings. The van der Waals surface area contributed by atoms with Gasteiger partial charge in [-0.3, -0.25) is 4.79 Å². The molecule has 0 bridgehead atoms. The quantitative estimate of drug-likeness (QED) is 0.834. The van der Waals surface area contributed by atoms with Gasteiger partial charge in [0.05, 0.1) is 6.61 Å². The molecule has 1 aliphatic rings. The lowest BCUT2D eigenvalue weighted by Gasteiger charge is -2.32. The van der Waals surface area contributed by atoms with Crippen LogP contribution in [0.5, 0.6) is 0 Å². The van der Waals surface area contributed by atoms with Crippen LogP contribution in [0, 0.1) is 0 Å². The smallest absolute Gasteiger partial charge is 0.222 e. The molecule has 3 heteroatoms. The molecule has 1 aliphatic heterocycles. The van der Waals surface area contributed by atoms with Crippen molar-refractivity contribution in [3.8, 4) is 0 Å². The molecule has 2 rings (SSSR count). The summed E-state index contributed by atoms with van der Waals surface area (Å²) in [6.07, 6.45) is 1.52. The van der Waals surface area contributed by atoms with Gasteiger partial charge in [0.2, 0.25) is 5.91 Å². The Morgan fingerprint density at radius 1 is 1.31 bits per heavy atom. The highest BCUT2D eigenvalue weighted by Gasteiger charge is 2.25. The summed E-state index contributed by atoms with van der Waals surface area (Å²) in [6, 6.07) is 10.3. The molecule has 86 valence electrons. The normalized spacial score (nSPS) is 21.2. The minimum atomic E-state index is 0.0489. The molecule has 0 aromatic heterocycles. The van der Waals surface area contributed by atoms with Gasteiger partial charge in [-0.05, 0) is 12.0 Å². The maximum Gasteiger partial charge on any atom is 0.222 e. The molecular formula is C13H17NO2. The number of hydrogen-bond donors (Lipinski definition) is 1. The van der Waals surface area contributed by atoms with E-state index in [-0.39, 0.29) is 12.5 Å². The zero-order valence-corrected chi connectivity index (χ0v) is 9.30. The lowest BCUT2D eigenvalue weighted by molar-refractivity contribution is -0.134. The van der Waals surface area contributed by atoms with Crippen molar-refractivity contribution < 1.29 is 9.90 Å². The van der Waals surface area contributed by atoms with Crippen LogP contribution >= 0.6 is 0 Å². The number of hydrogen-bond acceptors (Lipinski definition) is 2. The summed E-state index contributed by atoms with van der Waals surface area (Å²) in [5.74, 6) is 0.590. The molecule has 1 saturated heterocycles. The summed E-state index contributed by atoms with van der Waals surface area (Å²) < 4.78 is 0. The van der Waals surface area contributed by atoms with Gasteiger partial charge in [-0.2, -0.15) is 0 Å². The van der Waals surface area contributed by atoms with Gasteiger partial charge in [-0.15, -0.1) is 0 Å². The third kappa shape index (κ3) is 2.42. The topological polar surface area (TPSA) is 40.5 Å². The molecule has 1 heterocycles. The van der Waals surface area contributed by atoms with Crippen molar-refractivity contribution >= 4 is 5.91 Å². The van der Waals surface area contributed by atoms with E-state index in [4.69, 9.17) is 5.11 Å². The number of carbonyl (C=O) groups excluding carboxylic acids is 1. The predicted octanol–water partition coefficient (Wildman–Crippen LogP) is 1.38. The van der Waals surface area contributed by atoms with E-state index in [1.54, 1.807) is 4.90 Å². The second kappa shape index (κ2) is 5.12. The molecule has 3 nitrogen and oxygen atoms in total. The highest BCUT2D eigenvalue weighted by atomic mass is 16.3. The second-order valence-electron chi connectivity index (χ2n) is 4.21. The Bertz CT molecular complexity index is 350. The number of benzene rings is 1. The van der Waals surface area contributed by atoms with Crippen LogP contribution in [0.3, 0.4) is 0 Å². The molecule has 1 aromatic carbocycles. The lowest BCUT2D eigenvalue weighted by atomic mass is 9.90. The molecule has 0 radical (unpaired) electrons. The Morgan fingerprint density at radius 3 is 2.75 bits per heavy atom. The number of β-amino-alcohol motifs (C(OH)–C–C–N with tert-alkyl or cyclic N) is 1. The van der Waals surface area contributed by atoms with Crippen molar-refractivity contribution in [2.24, 2.45) is 0 Å². The van der Waals surface area contributed by atoms with Crippen LogP contribution in [0.4, 0.5) is 0 Å². The van der Waals surface area contributed by atoms with Crippen molar-refractivity contribution in [2.75, 3.05) is 19.7 Å². The molecular weight excluding hydrogens is 202 g/mol. The van der Waals surface area contributed by atoms with Gasteiger partial charge in [0.15, 0.2) is 0 Å². The molecule has 16 heavy (non-hydrogen) atoms. The van der Waals surface area contributed by atoms with E-state index < -0.39 is 0 Å². The monoisotopic (exact) mass is 219 g/mol. The first-order valence-corrected chi connectivity index (χ1v) is 5.75. The number of amides is 1. The Labute approximate surface area is 95.7 Å². The fourth-order valence-corrected chi connectivity index (χ4v) is 2.25. The Morgan fingerprint density at radius 2 is 2.06 bits per heavy atom. The van der Waals surface area contributed by atoms with E-state index in [2.05, 4.69) is 12.1 Å². The molecule has 0 aliphatic carbocycles.